The predicted molar refractivity (Wildman–Crippen MR) is 113 cm³/mol. The molecule has 0 atom stereocenters. The molecule has 0 fully saturated rings. The largest absolute Gasteiger partial charge is 0.495 e. The van der Waals surface area contributed by atoms with Gasteiger partial charge < -0.3 is 9.15 Å². The van der Waals surface area contributed by atoms with Crippen molar-refractivity contribution < 1.29 is 22.4 Å². The molecule has 156 valence electrons. The monoisotopic (exact) mass is 447 g/mol. The number of sulfonamides is 1. The average Bonchev–Trinajstić information content (AvgIpc) is 3.26. The number of carbonyl (C=O) groups excluding carboxylic acids is 1. The Labute approximate surface area is 178 Å². The Morgan fingerprint density at radius 2 is 1.97 bits per heavy atom. The minimum Gasteiger partial charge on any atom is -0.495 e. The van der Waals surface area contributed by atoms with E-state index in [1.54, 1.807) is 30.3 Å². The Morgan fingerprint density at radius 1 is 1.20 bits per heavy atom. The van der Waals surface area contributed by atoms with Crippen LogP contribution in [0, 0.1) is 0 Å². The van der Waals surface area contributed by atoms with Gasteiger partial charge in [-0.25, -0.2) is 13.8 Å². The third-order valence-electron chi connectivity index (χ3n) is 3.97. The first-order chi connectivity index (χ1) is 14.4. The van der Waals surface area contributed by atoms with Gasteiger partial charge in [0.1, 0.15) is 18.1 Å². The van der Waals surface area contributed by atoms with E-state index in [9.17, 15) is 13.2 Å². The molecule has 1 heterocycles. The molecular formula is C20H18ClN3O5S. The smallest absolute Gasteiger partial charge is 0.264 e. The van der Waals surface area contributed by atoms with Crippen LogP contribution in [-0.4, -0.2) is 34.2 Å². The zero-order valence-corrected chi connectivity index (χ0v) is 17.4. The van der Waals surface area contributed by atoms with E-state index >= 15 is 0 Å². The minimum atomic E-state index is -4.05. The van der Waals surface area contributed by atoms with Gasteiger partial charge in [0.2, 0.25) is 0 Å². The first-order valence-electron chi connectivity index (χ1n) is 8.68. The molecule has 1 aromatic heterocycles. The maximum Gasteiger partial charge on any atom is 0.264 e. The Morgan fingerprint density at radius 3 is 2.60 bits per heavy atom. The summed E-state index contributed by atoms with van der Waals surface area (Å²) in [7, 11) is -2.60. The van der Waals surface area contributed by atoms with Crippen LogP contribution in [0.25, 0.3) is 0 Å². The number of carbonyl (C=O) groups is 1. The lowest BCUT2D eigenvalue weighted by Gasteiger charge is -2.24. The summed E-state index contributed by atoms with van der Waals surface area (Å²) in [5, 5.41) is 3.98. The molecule has 2 aromatic carbocycles. The fourth-order valence-electron chi connectivity index (χ4n) is 2.54. The number of hydrogen-bond acceptors (Lipinski definition) is 6. The second-order valence-electron chi connectivity index (χ2n) is 5.95. The van der Waals surface area contributed by atoms with E-state index in [4.69, 9.17) is 20.8 Å². The summed E-state index contributed by atoms with van der Waals surface area (Å²) in [5.74, 6) is 0.167. The molecule has 0 unspecified atom stereocenters. The van der Waals surface area contributed by atoms with E-state index in [1.807, 2.05) is 0 Å². The zero-order valence-electron chi connectivity index (χ0n) is 15.9. The van der Waals surface area contributed by atoms with Crippen molar-refractivity contribution in [3.8, 4) is 5.75 Å². The first-order valence-corrected chi connectivity index (χ1v) is 10.5. The zero-order chi connectivity index (χ0) is 21.6. The lowest BCUT2D eigenvalue weighted by atomic mass is 10.3. The van der Waals surface area contributed by atoms with Crippen molar-refractivity contribution in [2.45, 2.75) is 4.90 Å². The topological polar surface area (TPSA) is 101 Å². The molecule has 8 nitrogen and oxygen atoms in total. The summed E-state index contributed by atoms with van der Waals surface area (Å²) in [6.45, 7) is -0.518. The summed E-state index contributed by atoms with van der Waals surface area (Å²) in [6, 6.07) is 15.6. The highest BCUT2D eigenvalue weighted by Gasteiger charge is 2.27. The molecule has 10 heteroatoms. The molecule has 0 bridgehead atoms. The van der Waals surface area contributed by atoms with Gasteiger partial charge >= 0.3 is 0 Å². The van der Waals surface area contributed by atoms with Gasteiger partial charge in [-0.3, -0.25) is 9.10 Å². The fourth-order valence-corrected chi connectivity index (χ4v) is 4.23. The van der Waals surface area contributed by atoms with Crippen molar-refractivity contribution in [1.29, 1.82) is 0 Å². The normalized spacial score (nSPS) is 11.4. The molecule has 0 saturated heterocycles. The van der Waals surface area contributed by atoms with E-state index in [2.05, 4.69) is 10.5 Å². The standard InChI is InChI=1S/C20H18ClN3O5S/c1-28-19-10-9-15(12-18(19)21)24(30(26,27)17-7-3-2-4-8-17)14-20(25)23-22-13-16-6-5-11-29-16/h2-13H,14H2,1H3,(H,23,25)/b22-13-. The molecule has 1 N–H and O–H groups in total. The van der Waals surface area contributed by atoms with Crippen molar-refractivity contribution in [3.05, 3.63) is 77.7 Å². The number of nitrogens with zero attached hydrogens (tertiary/aromatic N) is 2. The Kier molecular flexibility index (Phi) is 6.76. The number of hydrogen-bond donors (Lipinski definition) is 1. The Bertz CT molecular complexity index is 1130. The summed E-state index contributed by atoms with van der Waals surface area (Å²) >= 11 is 6.17. The van der Waals surface area contributed by atoms with Crippen LogP contribution < -0.4 is 14.5 Å². The van der Waals surface area contributed by atoms with Crippen LogP contribution in [0.15, 0.2) is 81.3 Å². The second-order valence-corrected chi connectivity index (χ2v) is 8.22. The average molecular weight is 448 g/mol. The molecule has 0 saturated carbocycles. The number of furan rings is 1. The molecule has 0 spiro atoms. The van der Waals surface area contributed by atoms with E-state index in [-0.39, 0.29) is 15.6 Å². The van der Waals surface area contributed by atoms with Gasteiger partial charge in [-0.1, -0.05) is 29.8 Å². The summed E-state index contributed by atoms with van der Waals surface area (Å²) in [6.07, 6.45) is 2.77. The molecule has 1 amide bonds. The van der Waals surface area contributed by atoms with Gasteiger partial charge in [0.15, 0.2) is 0 Å². The molecule has 0 radical (unpaired) electrons. The number of rotatable bonds is 8. The van der Waals surface area contributed by atoms with Gasteiger partial charge in [-0.2, -0.15) is 5.10 Å². The SMILES string of the molecule is COc1ccc(N(CC(=O)N/N=C\c2ccco2)S(=O)(=O)c2ccccc2)cc1Cl. The van der Waals surface area contributed by atoms with Crippen LogP contribution in [0.1, 0.15) is 5.76 Å². The third-order valence-corrected chi connectivity index (χ3v) is 6.05. The van der Waals surface area contributed by atoms with Crippen molar-refractivity contribution in [1.82, 2.24) is 5.43 Å². The molecule has 0 aliphatic rings. The third kappa shape index (κ3) is 5.00. The van der Waals surface area contributed by atoms with Gasteiger partial charge in [0.05, 0.1) is 35.2 Å². The number of ether oxygens (including phenoxy) is 1. The Balaban J connectivity index is 1.89. The van der Waals surface area contributed by atoms with Crippen LogP contribution in [0.3, 0.4) is 0 Å². The van der Waals surface area contributed by atoms with Crippen molar-refractivity contribution in [3.63, 3.8) is 0 Å². The highest BCUT2D eigenvalue weighted by molar-refractivity contribution is 7.92. The number of nitrogens with one attached hydrogen (secondary N) is 1. The maximum absolute atomic E-state index is 13.2. The summed E-state index contributed by atoms with van der Waals surface area (Å²) < 4.78 is 37.6. The van der Waals surface area contributed by atoms with Gasteiger partial charge in [-0.15, -0.1) is 0 Å². The Hall–Kier alpha value is -3.30. The van der Waals surface area contributed by atoms with Gasteiger partial charge in [-0.05, 0) is 42.5 Å². The van der Waals surface area contributed by atoms with E-state index < -0.39 is 22.5 Å². The van der Waals surface area contributed by atoms with Crippen LogP contribution in [0.5, 0.6) is 5.75 Å². The number of anilines is 1. The van der Waals surface area contributed by atoms with Crippen LogP contribution >= 0.6 is 11.6 Å². The number of methoxy groups -OCH3 is 1. The van der Waals surface area contributed by atoms with E-state index in [0.717, 1.165) is 4.31 Å². The summed E-state index contributed by atoms with van der Waals surface area (Å²) in [4.78, 5) is 12.5. The molecule has 3 rings (SSSR count). The van der Waals surface area contributed by atoms with Crippen molar-refractivity contribution in [2.75, 3.05) is 18.0 Å². The number of halogens is 1. The predicted octanol–water partition coefficient (Wildman–Crippen LogP) is 3.29. The molecule has 30 heavy (non-hydrogen) atoms. The first kappa shape index (κ1) is 21.4. The molecule has 3 aromatic rings. The van der Waals surface area contributed by atoms with Crippen LogP contribution in [0.4, 0.5) is 5.69 Å². The van der Waals surface area contributed by atoms with E-state index in [1.165, 1.54) is 49.9 Å². The van der Waals surface area contributed by atoms with Gasteiger partial charge in [0.25, 0.3) is 15.9 Å². The fraction of sp³-hybridized carbons (Fsp3) is 0.100. The maximum atomic E-state index is 13.2. The van der Waals surface area contributed by atoms with Crippen molar-refractivity contribution in [2.24, 2.45) is 5.10 Å². The number of amides is 1. The highest BCUT2D eigenvalue weighted by atomic mass is 35.5. The quantitative estimate of drug-likeness (QED) is 0.421. The van der Waals surface area contributed by atoms with Gasteiger partial charge in [0, 0.05) is 0 Å². The van der Waals surface area contributed by atoms with Crippen LogP contribution in [0.2, 0.25) is 5.02 Å². The number of hydrazone groups is 1. The second kappa shape index (κ2) is 9.47. The number of benzene rings is 2. The van der Waals surface area contributed by atoms with Crippen molar-refractivity contribution >= 4 is 39.4 Å². The molecular weight excluding hydrogens is 430 g/mol. The molecule has 0 aliphatic carbocycles. The van der Waals surface area contributed by atoms with E-state index in [0.29, 0.717) is 11.5 Å². The summed E-state index contributed by atoms with van der Waals surface area (Å²) in [5.41, 5.74) is 2.49. The molecule has 0 aliphatic heterocycles. The minimum absolute atomic E-state index is 0.0313. The van der Waals surface area contributed by atoms with Crippen LogP contribution in [-0.2, 0) is 14.8 Å². The lowest BCUT2D eigenvalue weighted by Crippen LogP contribution is -2.39. The highest BCUT2D eigenvalue weighted by Crippen LogP contribution is 2.31. The lowest BCUT2D eigenvalue weighted by molar-refractivity contribution is -0.119.